The van der Waals surface area contributed by atoms with Crippen LogP contribution in [0.3, 0.4) is 0 Å². The van der Waals surface area contributed by atoms with E-state index in [1.54, 1.807) is 24.3 Å². The molecule has 11 heteroatoms. The number of anilines is 1. The first kappa shape index (κ1) is 34.5. The van der Waals surface area contributed by atoms with Gasteiger partial charge in [-0.2, -0.15) is 0 Å². The van der Waals surface area contributed by atoms with E-state index in [0.717, 1.165) is 19.9 Å². The van der Waals surface area contributed by atoms with Crippen molar-refractivity contribution in [1.29, 1.82) is 0 Å². The molecule has 0 aliphatic rings. The lowest BCUT2D eigenvalue weighted by molar-refractivity contribution is -0.140. The Morgan fingerprint density at radius 2 is 1.47 bits per heavy atom. The average molecular weight is 732 g/mol. The zero-order chi connectivity index (χ0) is 32.6. The number of carbonyl (C=O) groups is 2. The Labute approximate surface area is 283 Å². The summed E-state index contributed by atoms with van der Waals surface area (Å²) in [6.07, 6.45) is 0.912. The van der Waals surface area contributed by atoms with Gasteiger partial charge in [0.1, 0.15) is 12.6 Å². The molecule has 1 N–H and O–H groups in total. The molecule has 7 nitrogen and oxygen atoms in total. The molecule has 0 heterocycles. The number of halogens is 3. The normalized spacial score (nSPS) is 12.6. The summed E-state index contributed by atoms with van der Waals surface area (Å²) in [5, 5.41) is 3.15. The monoisotopic (exact) mass is 729 g/mol. The summed E-state index contributed by atoms with van der Waals surface area (Å²) < 4.78 is 30.0. The first-order chi connectivity index (χ1) is 21.5. The third-order valence-electron chi connectivity index (χ3n) is 7.35. The average Bonchev–Trinajstić information content (AvgIpc) is 3.04. The van der Waals surface area contributed by atoms with Crippen LogP contribution in [0.4, 0.5) is 5.69 Å². The van der Waals surface area contributed by atoms with Gasteiger partial charge in [0.15, 0.2) is 0 Å². The lowest BCUT2D eigenvalue weighted by Gasteiger charge is -2.34. The van der Waals surface area contributed by atoms with E-state index in [4.69, 9.17) is 23.2 Å². The number of hydrogen-bond acceptors (Lipinski definition) is 4. The van der Waals surface area contributed by atoms with Crippen molar-refractivity contribution < 1.29 is 18.0 Å². The minimum Gasteiger partial charge on any atom is -0.352 e. The molecule has 4 aromatic carbocycles. The molecule has 45 heavy (non-hydrogen) atoms. The number of amides is 2. The van der Waals surface area contributed by atoms with Crippen molar-refractivity contribution in [3.05, 3.63) is 129 Å². The molecule has 0 radical (unpaired) electrons. The van der Waals surface area contributed by atoms with Gasteiger partial charge in [-0.25, -0.2) is 8.42 Å². The van der Waals surface area contributed by atoms with E-state index in [2.05, 4.69) is 21.2 Å². The number of rotatable bonds is 13. The zero-order valence-corrected chi connectivity index (χ0v) is 28.8. The molecule has 0 spiro atoms. The largest absolute Gasteiger partial charge is 0.352 e. The molecule has 0 aliphatic carbocycles. The summed E-state index contributed by atoms with van der Waals surface area (Å²) in [4.78, 5) is 29.8. The second-order valence-corrected chi connectivity index (χ2v) is 14.1. The maximum absolute atomic E-state index is 14.5. The van der Waals surface area contributed by atoms with Gasteiger partial charge < -0.3 is 10.2 Å². The van der Waals surface area contributed by atoms with Crippen LogP contribution in [0.25, 0.3) is 0 Å². The van der Waals surface area contributed by atoms with Crippen LogP contribution in [0.15, 0.2) is 112 Å². The van der Waals surface area contributed by atoms with Crippen molar-refractivity contribution in [2.45, 2.75) is 50.2 Å². The molecule has 0 bridgehead atoms. The number of benzene rings is 4. The third kappa shape index (κ3) is 8.88. The Hall–Kier alpha value is -3.37. The molecule has 0 aromatic heterocycles. The van der Waals surface area contributed by atoms with E-state index in [1.165, 1.54) is 29.2 Å². The van der Waals surface area contributed by atoms with Crippen LogP contribution in [0.1, 0.15) is 31.4 Å². The Balaban J connectivity index is 1.83. The van der Waals surface area contributed by atoms with Gasteiger partial charge in [-0.15, -0.1) is 0 Å². The molecule has 0 fully saturated rings. The highest BCUT2D eigenvalue weighted by molar-refractivity contribution is 9.10. The smallest absolute Gasteiger partial charge is 0.264 e. The summed E-state index contributed by atoms with van der Waals surface area (Å²) in [6.45, 7) is 3.28. The minimum absolute atomic E-state index is 0.0127. The zero-order valence-electron chi connectivity index (χ0n) is 24.9. The van der Waals surface area contributed by atoms with Gasteiger partial charge in [-0.1, -0.05) is 113 Å². The van der Waals surface area contributed by atoms with Crippen LogP contribution >= 0.6 is 39.1 Å². The molecular weight excluding hydrogens is 697 g/mol. The fraction of sp³-hybridized carbons (Fsp3) is 0.235. The van der Waals surface area contributed by atoms with E-state index in [9.17, 15) is 18.0 Å². The van der Waals surface area contributed by atoms with Crippen molar-refractivity contribution in [3.63, 3.8) is 0 Å². The van der Waals surface area contributed by atoms with Crippen molar-refractivity contribution in [3.8, 4) is 0 Å². The molecule has 236 valence electrons. The fourth-order valence-electron chi connectivity index (χ4n) is 4.70. The predicted molar refractivity (Wildman–Crippen MR) is 184 cm³/mol. The number of carbonyl (C=O) groups excluding carboxylic acids is 2. The number of nitrogens with zero attached hydrogens (tertiary/aromatic N) is 2. The van der Waals surface area contributed by atoms with Gasteiger partial charge in [0.05, 0.1) is 20.6 Å². The summed E-state index contributed by atoms with van der Waals surface area (Å²) in [5.74, 6) is -0.925. The lowest BCUT2D eigenvalue weighted by atomic mass is 10.0. The van der Waals surface area contributed by atoms with Crippen molar-refractivity contribution >= 4 is 66.7 Å². The molecule has 0 unspecified atom stereocenters. The predicted octanol–water partition coefficient (Wildman–Crippen LogP) is 7.51. The Kier molecular flexibility index (Phi) is 12.1. The van der Waals surface area contributed by atoms with E-state index in [-0.39, 0.29) is 45.5 Å². The van der Waals surface area contributed by atoms with E-state index in [0.29, 0.717) is 6.42 Å². The third-order valence-corrected chi connectivity index (χ3v) is 10.5. The van der Waals surface area contributed by atoms with Crippen LogP contribution < -0.4 is 9.62 Å². The van der Waals surface area contributed by atoms with Gasteiger partial charge in [-0.3, -0.25) is 13.9 Å². The molecule has 0 saturated carbocycles. The number of sulfonamides is 1. The second kappa shape index (κ2) is 15.8. The maximum Gasteiger partial charge on any atom is 0.264 e. The molecular formula is C34H34BrCl2N3O4S. The highest BCUT2D eigenvalue weighted by atomic mass is 79.9. The fourth-order valence-corrected chi connectivity index (χ4v) is 6.86. The highest BCUT2D eigenvalue weighted by Crippen LogP contribution is 2.35. The maximum atomic E-state index is 14.5. The van der Waals surface area contributed by atoms with E-state index < -0.39 is 28.5 Å². The van der Waals surface area contributed by atoms with Crippen molar-refractivity contribution in [1.82, 2.24) is 10.2 Å². The SMILES string of the molecule is CC[C@H](C)NC(=O)[C@H](Cc1ccccc1)N(Cc1ccc(Br)cc1)C(=O)CN(c1cccc(Cl)c1Cl)S(=O)(=O)c1ccccc1. The van der Waals surface area contributed by atoms with Gasteiger partial charge in [-0.05, 0) is 60.9 Å². The van der Waals surface area contributed by atoms with Gasteiger partial charge >= 0.3 is 0 Å². The summed E-state index contributed by atoms with van der Waals surface area (Å²) >= 11 is 16.3. The quantitative estimate of drug-likeness (QED) is 0.154. The standard InChI is InChI=1S/C34H34BrCl2N3O4S/c1-3-24(2)38-34(42)31(21-25-11-6-4-7-12-25)39(22-26-17-19-27(35)20-18-26)32(41)23-40(30-16-10-15-29(36)33(30)37)45(43,44)28-13-8-5-9-14-28/h4-20,24,31H,3,21-23H2,1-2H3,(H,38,42)/t24-,31-/m0/s1. The minimum atomic E-state index is -4.29. The first-order valence-electron chi connectivity index (χ1n) is 14.4. The Morgan fingerprint density at radius 1 is 0.844 bits per heavy atom. The van der Waals surface area contributed by atoms with Crippen LogP contribution in [0, 0.1) is 0 Å². The Morgan fingerprint density at radius 3 is 2.09 bits per heavy atom. The second-order valence-electron chi connectivity index (χ2n) is 10.6. The van der Waals surface area contributed by atoms with E-state index in [1.807, 2.05) is 68.4 Å². The first-order valence-corrected chi connectivity index (χ1v) is 17.4. The van der Waals surface area contributed by atoms with Crippen LogP contribution in [0.5, 0.6) is 0 Å². The van der Waals surface area contributed by atoms with Crippen LogP contribution in [-0.2, 0) is 32.6 Å². The van der Waals surface area contributed by atoms with Gasteiger partial charge in [0.2, 0.25) is 11.8 Å². The van der Waals surface area contributed by atoms with E-state index >= 15 is 0 Å². The molecule has 0 saturated heterocycles. The molecule has 4 aromatic rings. The molecule has 4 rings (SSSR count). The molecule has 0 aliphatic heterocycles. The Bertz CT molecular complexity index is 1710. The van der Waals surface area contributed by atoms with Gasteiger partial charge in [0.25, 0.3) is 10.0 Å². The van der Waals surface area contributed by atoms with Crippen molar-refractivity contribution in [2.75, 3.05) is 10.8 Å². The highest BCUT2D eigenvalue weighted by Gasteiger charge is 2.35. The summed E-state index contributed by atoms with van der Waals surface area (Å²) in [7, 11) is -4.29. The molecule has 2 amide bonds. The molecule has 2 atom stereocenters. The number of hydrogen-bond donors (Lipinski definition) is 1. The van der Waals surface area contributed by atoms with Crippen LogP contribution in [-0.4, -0.2) is 43.8 Å². The topological polar surface area (TPSA) is 86.8 Å². The van der Waals surface area contributed by atoms with Gasteiger partial charge in [0, 0.05) is 23.5 Å². The van der Waals surface area contributed by atoms with Crippen molar-refractivity contribution in [2.24, 2.45) is 0 Å². The van der Waals surface area contributed by atoms with Crippen LogP contribution in [0.2, 0.25) is 10.0 Å². The number of nitrogens with one attached hydrogen (secondary N) is 1. The summed E-state index contributed by atoms with van der Waals surface area (Å²) in [6, 6.07) is 28.1. The summed E-state index contributed by atoms with van der Waals surface area (Å²) in [5.41, 5.74) is 1.66. The lowest BCUT2D eigenvalue weighted by Crippen LogP contribution is -2.54.